The Labute approximate surface area is 183 Å². The van der Waals surface area contributed by atoms with E-state index in [-0.39, 0.29) is 30.3 Å². The molecule has 0 radical (unpaired) electrons. The fourth-order valence-corrected chi connectivity index (χ4v) is 3.51. The Morgan fingerprint density at radius 2 is 1.87 bits per heavy atom. The van der Waals surface area contributed by atoms with Gasteiger partial charge in [-0.2, -0.15) is 0 Å². The van der Waals surface area contributed by atoms with E-state index < -0.39 is 0 Å². The van der Waals surface area contributed by atoms with Crippen LogP contribution in [0.15, 0.2) is 41.0 Å². The van der Waals surface area contributed by atoms with Crippen molar-refractivity contribution in [3.05, 3.63) is 47.9 Å². The van der Waals surface area contributed by atoms with Crippen molar-refractivity contribution in [1.29, 1.82) is 0 Å². The number of hydrogen-bond donors (Lipinski definition) is 0. The van der Waals surface area contributed by atoms with Gasteiger partial charge in [0.2, 0.25) is 11.8 Å². The molecule has 0 spiro atoms. The summed E-state index contributed by atoms with van der Waals surface area (Å²) in [5, 5.41) is 0. The molecule has 1 aliphatic rings. The Bertz CT molecular complexity index is 874. The molecule has 0 bridgehead atoms. The van der Waals surface area contributed by atoms with Gasteiger partial charge in [-0.3, -0.25) is 9.59 Å². The molecule has 31 heavy (non-hydrogen) atoms. The highest BCUT2D eigenvalue weighted by Gasteiger charge is 2.35. The zero-order chi connectivity index (χ0) is 22.4. The Morgan fingerprint density at radius 1 is 1.13 bits per heavy atom. The number of hydrogen-bond acceptors (Lipinski definition) is 5. The summed E-state index contributed by atoms with van der Waals surface area (Å²) in [4.78, 5) is 29.3. The molecule has 1 aromatic heterocycles. The first-order valence-corrected chi connectivity index (χ1v) is 10.7. The van der Waals surface area contributed by atoms with E-state index in [1.165, 1.54) is 0 Å². The van der Waals surface area contributed by atoms with Crippen LogP contribution in [0.5, 0.6) is 11.5 Å². The first kappa shape index (κ1) is 22.7. The van der Waals surface area contributed by atoms with Crippen LogP contribution in [0.25, 0.3) is 0 Å². The highest BCUT2D eigenvalue weighted by Crippen LogP contribution is 2.31. The predicted octanol–water partition coefficient (Wildman–Crippen LogP) is 3.52. The predicted molar refractivity (Wildman–Crippen MR) is 117 cm³/mol. The Kier molecular flexibility index (Phi) is 7.60. The van der Waals surface area contributed by atoms with Crippen LogP contribution in [0.3, 0.4) is 0 Å². The molecule has 1 aromatic carbocycles. The lowest BCUT2D eigenvalue weighted by atomic mass is 10.1. The normalized spacial score (nSPS) is 13.2. The number of amides is 2. The molecule has 7 nitrogen and oxygen atoms in total. The van der Waals surface area contributed by atoms with Gasteiger partial charge in [0.1, 0.15) is 5.76 Å². The van der Waals surface area contributed by atoms with Gasteiger partial charge in [0.15, 0.2) is 11.5 Å². The second kappa shape index (κ2) is 10.4. The number of carbonyl (C=O) groups excluding carboxylic acids is 2. The van der Waals surface area contributed by atoms with Gasteiger partial charge in [0.25, 0.3) is 0 Å². The van der Waals surface area contributed by atoms with Crippen LogP contribution in [0, 0.1) is 5.92 Å². The number of methoxy groups -OCH3 is 2. The Morgan fingerprint density at radius 3 is 2.45 bits per heavy atom. The molecular formula is C24H32N2O5. The summed E-state index contributed by atoms with van der Waals surface area (Å²) in [6, 6.07) is 9.39. The smallest absolute Gasteiger partial charge is 0.242 e. The van der Waals surface area contributed by atoms with Crippen molar-refractivity contribution in [3.8, 4) is 11.5 Å². The highest BCUT2D eigenvalue weighted by atomic mass is 16.5. The summed E-state index contributed by atoms with van der Waals surface area (Å²) in [5.74, 6) is 2.12. The lowest BCUT2D eigenvalue weighted by molar-refractivity contribution is -0.143. The van der Waals surface area contributed by atoms with E-state index in [0.717, 1.165) is 18.4 Å². The topological polar surface area (TPSA) is 72.2 Å². The fourth-order valence-electron chi connectivity index (χ4n) is 3.51. The number of nitrogens with zero attached hydrogens (tertiary/aromatic N) is 2. The molecule has 168 valence electrons. The van der Waals surface area contributed by atoms with Crippen molar-refractivity contribution in [3.63, 3.8) is 0 Å². The molecule has 0 N–H and O–H groups in total. The summed E-state index contributed by atoms with van der Waals surface area (Å²) in [6.07, 6.45) is 4.09. The van der Waals surface area contributed by atoms with Crippen molar-refractivity contribution in [1.82, 2.24) is 9.80 Å². The third kappa shape index (κ3) is 6.03. The zero-order valence-corrected chi connectivity index (χ0v) is 18.8. The Hall–Kier alpha value is -2.96. The SMILES string of the molecule is COc1ccc(CCN(Cc2ccco2)C(=O)CN(C(=O)C2CC2)C(C)C)cc1OC. The lowest BCUT2D eigenvalue weighted by Gasteiger charge is -2.30. The fraction of sp³-hybridized carbons (Fsp3) is 0.500. The third-order valence-corrected chi connectivity index (χ3v) is 5.54. The van der Waals surface area contributed by atoms with Crippen molar-refractivity contribution in [2.75, 3.05) is 27.3 Å². The van der Waals surface area contributed by atoms with Gasteiger partial charge < -0.3 is 23.7 Å². The molecular weight excluding hydrogens is 396 g/mol. The van der Waals surface area contributed by atoms with E-state index in [1.807, 2.05) is 44.2 Å². The summed E-state index contributed by atoms with van der Waals surface area (Å²) < 4.78 is 16.2. The van der Waals surface area contributed by atoms with Crippen LogP contribution in [-0.2, 0) is 22.6 Å². The van der Waals surface area contributed by atoms with Gasteiger partial charge >= 0.3 is 0 Å². The maximum atomic E-state index is 13.2. The van der Waals surface area contributed by atoms with Crippen molar-refractivity contribution >= 4 is 11.8 Å². The molecule has 1 aliphatic carbocycles. The summed E-state index contributed by atoms with van der Waals surface area (Å²) in [6.45, 7) is 4.85. The number of rotatable bonds is 11. The lowest BCUT2D eigenvalue weighted by Crippen LogP contribution is -2.46. The molecule has 2 aromatic rings. The molecule has 0 unspecified atom stereocenters. The first-order valence-electron chi connectivity index (χ1n) is 10.7. The average molecular weight is 429 g/mol. The molecule has 0 atom stereocenters. The zero-order valence-electron chi connectivity index (χ0n) is 18.8. The summed E-state index contributed by atoms with van der Waals surface area (Å²) in [7, 11) is 3.20. The van der Waals surface area contributed by atoms with E-state index in [4.69, 9.17) is 13.9 Å². The van der Waals surface area contributed by atoms with Gasteiger partial charge in [0, 0.05) is 18.5 Å². The average Bonchev–Trinajstić information content (AvgIpc) is 3.50. The van der Waals surface area contributed by atoms with Crippen LogP contribution in [0.4, 0.5) is 0 Å². The van der Waals surface area contributed by atoms with E-state index >= 15 is 0 Å². The van der Waals surface area contributed by atoms with E-state index in [0.29, 0.717) is 36.8 Å². The second-order valence-corrected chi connectivity index (χ2v) is 8.17. The summed E-state index contributed by atoms with van der Waals surface area (Å²) >= 11 is 0. The van der Waals surface area contributed by atoms with Crippen molar-refractivity contribution < 1.29 is 23.5 Å². The van der Waals surface area contributed by atoms with Crippen LogP contribution >= 0.6 is 0 Å². The largest absolute Gasteiger partial charge is 0.493 e. The van der Waals surface area contributed by atoms with Crippen LogP contribution in [0.1, 0.15) is 38.0 Å². The van der Waals surface area contributed by atoms with Crippen molar-refractivity contribution in [2.24, 2.45) is 5.92 Å². The van der Waals surface area contributed by atoms with Crippen LogP contribution < -0.4 is 9.47 Å². The van der Waals surface area contributed by atoms with E-state index in [9.17, 15) is 9.59 Å². The molecule has 1 fully saturated rings. The monoisotopic (exact) mass is 428 g/mol. The van der Waals surface area contributed by atoms with Gasteiger partial charge in [-0.05, 0) is 62.9 Å². The summed E-state index contributed by atoms with van der Waals surface area (Å²) in [5.41, 5.74) is 1.03. The molecule has 1 saturated carbocycles. The standard InChI is InChI=1S/C24H32N2O5/c1-17(2)26(24(28)19-8-9-19)16-23(27)25(15-20-6-5-13-31-20)12-11-18-7-10-21(29-3)22(14-18)30-4/h5-7,10,13-14,17,19H,8-9,11-12,15-16H2,1-4H3. The quantitative estimate of drug-likeness (QED) is 0.548. The molecule has 2 amide bonds. The number of benzene rings is 1. The van der Waals surface area contributed by atoms with Gasteiger partial charge in [-0.25, -0.2) is 0 Å². The molecule has 0 saturated heterocycles. The third-order valence-electron chi connectivity index (χ3n) is 5.54. The minimum atomic E-state index is -0.0837. The first-order chi connectivity index (χ1) is 14.9. The molecule has 7 heteroatoms. The van der Waals surface area contributed by atoms with E-state index in [2.05, 4.69) is 0 Å². The maximum absolute atomic E-state index is 13.2. The minimum absolute atomic E-state index is 0.0200. The molecule has 0 aliphatic heterocycles. The Balaban J connectivity index is 1.71. The van der Waals surface area contributed by atoms with Crippen LogP contribution in [0.2, 0.25) is 0 Å². The number of furan rings is 1. The van der Waals surface area contributed by atoms with E-state index in [1.54, 1.807) is 30.3 Å². The van der Waals surface area contributed by atoms with Crippen LogP contribution in [-0.4, -0.2) is 55.0 Å². The second-order valence-electron chi connectivity index (χ2n) is 8.17. The highest BCUT2D eigenvalue weighted by molar-refractivity contribution is 5.87. The van der Waals surface area contributed by atoms with Gasteiger partial charge in [-0.1, -0.05) is 6.07 Å². The number of carbonyl (C=O) groups is 2. The van der Waals surface area contributed by atoms with Crippen molar-refractivity contribution in [2.45, 2.75) is 45.7 Å². The maximum Gasteiger partial charge on any atom is 0.242 e. The van der Waals surface area contributed by atoms with Gasteiger partial charge in [-0.15, -0.1) is 0 Å². The molecule has 1 heterocycles. The number of ether oxygens (including phenoxy) is 2. The minimum Gasteiger partial charge on any atom is -0.493 e. The van der Waals surface area contributed by atoms with Gasteiger partial charge in [0.05, 0.1) is 33.6 Å². The molecule has 3 rings (SSSR count).